The monoisotopic (exact) mass is 306 g/mol. The molecule has 2 rings (SSSR count). The van der Waals surface area contributed by atoms with Crippen LogP contribution < -0.4 is 0 Å². The lowest BCUT2D eigenvalue weighted by Gasteiger charge is -2.32. The minimum atomic E-state index is -4.62. The first-order valence-electron chi connectivity index (χ1n) is 6.70. The zero-order valence-corrected chi connectivity index (χ0v) is 11.9. The van der Waals surface area contributed by atoms with Crippen molar-refractivity contribution in [3.05, 3.63) is 17.0 Å². The average Bonchev–Trinajstić information content (AvgIpc) is 2.69. The number of ether oxygens (including phenoxy) is 1. The van der Waals surface area contributed by atoms with Gasteiger partial charge < -0.3 is 9.42 Å². The number of aromatic nitrogens is 1. The van der Waals surface area contributed by atoms with Crippen molar-refractivity contribution in [3.63, 3.8) is 0 Å². The number of likely N-dealkylation sites (tertiary alicyclic amines) is 1. The molecular weight excluding hydrogens is 289 g/mol. The third-order valence-corrected chi connectivity index (χ3v) is 3.60. The van der Waals surface area contributed by atoms with Gasteiger partial charge in [0.1, 0.15) is 5.76 Å². The third-order valence-electron chi connectivity index (χ3n) is 3.60. The van der Waals surface area contributed by atoms with Gasteiger partial charge in [-0.1, -0.05) is 5.16 Å². The molecular formula is C13H17F3N2O3. The second-order valence-electron chi connectivity index (χ2n) is 5.12. The molecule has 1 aliphatic heterocycles. The van der Waals surface area contributed by atoms with E-state index in [2.05, 4.69) is 9.89 Å². The zero-order valence-electron chi connectivity index (χ0n) is 11.9. The molecule has 1 aromatic heterocycles. The van der Waals surface area contributed by atoms with Gasteiger partial charge in [-0.25, -0.2) is 0 Å². The summed E-state index contributed by atoms with van der Waals surface area (Å²) in [6, 6.07) is 0. The van der Waals surface area contributed by atoms with Crippen molar-refractivity contribution in [1.29, 1.82) is 0 Å². The summed E-state index contributed by atoms with van der Waals surface area (Å²) < 4.78 is 45.3. The molecule has 8 heteroatoms. The third kappa shape index (κ3) is 4.20. The molecule has 5 nitrogen and oxygen atoms in total. The van der Waals surface area contributed by atoms with Crippen molar-refractivity contribution >= 4 is 5.91 Å². The fourth-order valence-electron chi connectivity index (χ4n) is 2.43. The minimum Gasteiger partial charge on any atom is -0.361 e. The Labute approximate surface area is 120 Å². The van der Waals surface area contributed by atoms with Crippen molar-refractivity contribution in [2.45, 2.75) is 45.6 Å². The maximum Gasteiger partial charge on any atom is 0.522 e. The summed E-state index contributed by atoms with van der Waals surface area (Å²) in [7, 11) is 0. The van der Waals surface area contributed by atoms with Crippen molar-refractivity contribution in [2.75, 3.05) is 13.1 Å². The summed E-state index contributed by atoms with van der Waals surface area (Å²) in [6.07, 6.45) is -4.95. The number of hydrogen-bond acceptors (Lipinski definition) is 4. The number of alkyl halides is 3. The molecule has 0 atom stereocenters. The number of rotatable bonds is 3. The van der Waals surface area contributed by atoms with Gasteiger partial charge in [0.15, 0.2) is 0 Å². The number of hydrogen-bond donors (Lipinski definition) is 0. The second-order valence-corrected chi connectivity index (χ2v) is 5.12. The minimum absolute atomic E-state index is 0.130. The summed E-state index contributed by atoms with van der Waals surface area (Å²) >= 11 is 0. The molecule has 0 spiro atoms. The van der Waals surface area contributed by atoms with Crippen LogP contribution in [0.2, 0.25) is 0 Å². The lowest BCUT2D eigenvalue weighted by Crippen LogP contribution is -2.42. The summed E-state index contributed by atoms with van der Waals surface area (Å²) in [5.41, 5.74) is 1.41. The van der Waals surface area contributed by atoms with Crippen molar-refractivity contribution in [2.24, 2.45) is 0 Å². The maximum absolute atomic E-state index is 12.2. The van der Waals surface area contributed by atoms with Crippen LogP contribution in [0.3, 0.4) is 0 Å². The Morgan fingerprint density at radius 1 is 1.38 bits per heavy atom. The van der Waals surface area contributed by atoms with Crippen LogP contribution in [-0.2, 0) is 16.0 Å². The van der Waals surface area contributed by atoms with E-state index in [1.807, 2.05) is 0 Å². The first kappa shape index (κ1) is 15.8. The topological polar surface area (TPSA) is 55.6 Å². The van der Waals surface area contributed by atoms with Gasteiger partial charge in [0, 0.05) is 18.7 Å². The highest BCUT2D eigenvalue weighted by molar-refractivity contribution is 5.79. The molecule has 1 saturated heterocycles. The smallest absolute Gasteiger partial charge is 0.361 e. The fourth-order valence-corrected chi connectivity index (χ4v) is 2.43. The molecule has 21 heavy (non-hydrogen) atoms. The lowest BCUT2D eigenvalue weighted by atomic mass is 10.1. The zero-order chi connectivity index (χ0) is 15.6. The Bertz CT molecular complexity index is 486. The van der Waals surface area contributed by atoms with Crippen molar-refractivity contribution in [1.82, 2.24) is 10.1 Å². The molecule has 1 aliphatic rings. The molecule has 1 amide bonds. The van der Waals surface area contributed by atoms with E-state index in [-0.39, 0.29) is 38.3 Å². The van der Waals surface area contributed by atoms with E-state index in [1.165, 1.54) is 0 Å². The van der Waals surface area contributed by atoms with Gasteiger partial charge in [0.05, 0.1) is 18.2 Å². The number of piperidine rings is 1. The van der Waals surface area contributed by atoms with Crippen molar-refractivity contribution in [3.8, 4) is 0 Å². The molecule has 1 aromatic rings. The molecule has 1 fully saturated rings. The van der Waals surface area contributed by atoms with E-state index in [1.54, 1.807) is 18.7 Å². The first-order chi connectivity index (χ1) is 9.76. The Morgan fingerprint density at radius 2 is 2.00 bits per heavy atom. The number of aryl methyl sites for hydroxylation is 2. The maximum atomic E-state index is 12.2. The van der Waals surface area contributed by atoms with Crippen LogP contribution in [0, 0.1) is 13.8 Å². The summed E-state index contributed by atoms with van der Waals surface area (Å²) in [6.45, 7) is 4.01. The predicted molar refractivity (Wildman–Crippen MR) is 66.4 cm³/mol. The highest BCUT2D eigenvalue weighted by atomic mass is 19.4. The molecule has 0 unspecified atom stereocenters. The number of nitrogens with zero attached hydrogens (tertiary/aromatic N) is 2. The van der Waals surface area contributed by atoms with Crippen molar-refractivity contribution < 1.29 is 27.2 Å². The van der Waals surface area contributed by atoms with E-state index in [4.69, 9.17) is 4.52 Å². The molecule has 0 radical (unpaired) electrons. The SMILES string of the molecule is Cc1noc(C)c1CC(=O)N1CCC(OC(F)(F)F)CC1. The molecule has 0 saturated carbocycles. The van der Waals surface area contributed by atoms with Crippen LogP contribution in [0.15, 0.2) is 4.52 Å². The van der Waals surface area contributed by atoms with Crippen LogP contribution in [0.25, 0.3) is 0 Å². The largest absolute Gasteiger partial charge is 0.522 e. The Kier molecular flexibility index (Phi) is 4.55. The van der Waals surface area contributed by atoms with Gasteiger partial charge in [0.2, 0.25) is 5.91 Å². The fraction of sp³-hybridized carbons (Fsp3) is 0.692. The number of amides is 1. The average molecular weight is 306 g/mol. The van der Waals surface area contributed by atoms with Crippen LogP contribution >= 0.6 is 0 Å². The quantitative estimate of drug-likeness (QED) is 0.860. The number of carbonyl (C=O) groups is 1. The summed E-state index contributed by atoms with van der Waals surface area (Å²) in [5, 5.41) is 3.78. The molecule has 2 heterocycles. The molecule has 0 bridgehead atoms. The van der Waals surface area contributed by atoms with Gasteiger partial charge >= 0.3 is 6.36 Å². The highest BCUT2D eigenvalue weighted by Crippen LogP contribution is 2.25. The van der Waals surface area contributed by atoms with Crippen LogP contribution in [0.1, 0.15) is 29.9 Å². The van der Waals surface area contributed by atoms with Crippen LogP contribution in [0.5, 0.6) is 0 Å². The van der Waals surface area contributed by atoms with E-state index in [0.29, 0.717) is 11.5 Å². The molecule has 118 valence electrons. The Morgan fingerprint density at radius 3 is 2.48 bits per heavy atom. The molecule has 0 N–H and O–H groups in total. The highest BCUT2D eigenvalue weighted by Gasteiger charge is 2.35. The second kappa shape index (κ2) is 6.05. The van der Waals surface area contributed by atoms with Gasteiger partial charge in [-0.3, -0.25) is 9.53 Å². The Hall–Kier alpha value is -1.57. The predicted octanol–water partition coefficient (Wildman–Crippen LogP) is 2.36. The first-order valence-corrected chi connectivity index (χ1v) is 6.70. The van der Waals surface area contributed by atoms with Gasteiger partial charge in [-0.15, -0.1) is 13.2 Å². The van der Waals surface area contributed by atoms with Crippen LogP contribution in [-0.4, -0.2) is 41.5 Å². The van der Waals surface area contributed by atoms with E-state index in [9.17, 15) is 18.0 Å². The number of carbonyl (C=O) groups excluding carboxylic acids is 1. The Balaban J connectivity index is 1.86. The summed E-state index contributed by atoms with van der Waals surface area (Å²) in [4.78, 5) is 13.7. The van der Waals surface area contributed by atoms with Gasteiger partial charge in [-0.05, 0) is 26.7 Å². The summed E-state index contributed by atoms with van der Waals surface area (Å²) in [5.74, 6) is 0.464. The normalized spacial score (nSPS) is 17.3. The molecule has 0 aromatic carbocycles. The molecule has 0 aliphatic carbocycles. The van der Waals surface area contributed by atoms with E-state index < -0.39 is 12.5 Å². The van der Waals surface area contributed by atoms with E-state index in [0.717, 1.165) is 5.56 Å². The van der Waals surface area contributed by atoms with Gasteiger partial charge in [0.25, 0.3) is 0 Å². The van der Waals surface area contributed by atoms with E-state index >= 15 is 0 Å². The van der Waals surface area contributed by atoms with Crippen LogP contribution in [0.4, 0.5) is 13.2 Å². The lowest BCUT2D eigenvalue weighted by molar-refractivity contribution is -0.345. The number of halogens is 3. The standard InChI is InChI=1S/C13H17F3N2O3/c1-8-11(9(2)21-17-8)7-12(19)18-5-3-10(4-6-18)20-13(14,15)16/h10H,3-7H2,1-2H3. The van der Waals surface area contributed by atoms with Gasteiger partial charge in [-0.2, -0.15) is 0 Å².